The number of amides is 1. The molecule has 0 saturated heterocycles. The fourth-order valence-electron chi connectivity index (χ4n) is 1.34. The highest BCUT2D eigenvalue weighted by Crippen LogP contribution is 2.21. The molecule has 0 unspecified atom stereocenters. The number of carbonyl (C=O) groups is 1. The van der Waals surface area contributed by atoms with Crippen LogP contribution in [0.5, 0.6) is 11.5 Å². The molecule has 1 amide bonds. The number of benzene rings is 1. The first-order valence-electron chi connectivity index (χ1n) is 5.16. The normalized spacial score (nSPS) is 10.8. The first kappa shape index (κ1) is 13.4. The molecule has 0 aliphatic heterocycles. The van der Waals surface area contributed by atoms with Gasteiger partial charge in [-0.05, 0) is 24.3 Å². The number of nitrogens with one attached hydrogen (secondary N) is 1. The molecule has 0 spiro atoms. The van der Waals surface area contributed by atoms with Crippen molar-refractivity contribution in [3.8, 4) is 11.5 Å². The summed E-state index contributed by atoms with van der Waals surface area (Å²) in [6.07, 6.45) is 1.46. The van der Waals surface area contributed by atoms with Gasteiger partial charge in [-0.15, -0.1) is 11.3 Å². The standard InChI is InChI=1S/C12H9ClN2O3S/c13-11-2-1-10(19-11)6-14-15-12(18)7-3-8(16)5-9(17)4-7/h1-6,16-17H,(H,15,18)/b14-6+. The van der Waals surface area contributed by atoms with Gasteiger partial charge in [0.2, 0.25) is 0 Å². The van der Waals surface area contributed by atoms with Crippen LogP contribution >= 0.6 is 22.9 Å². The third kappa shape index (κ3) is 3.70. The van der Waals surface area contributed by atoms with Crippen molar-refractivity contribution in [3.63, 3.8) is 0 Å². The monoisotopic (exact) mass is 296 g/mol. The van der Waals surface area contributed by atoms with Crippen LogP contribution in [0, 0.1) is 0 Å². The van der Waals surface area contributed by atoms with Gasteiger partial charge in [0.25, 0.3) is 5.91 Å². The first-order valence-corrected chi connectivity index (χ1v) is 6.36. The average Bonchev–Trinajstić information content (AvgIpc) is 2.73. The lowest BCUT2D eigenvalue weighted by atomic mass is 10.2. The van der Waals surface area contributed by atoms with E-state index < -0.39 is 5.91 Å². The fraction of sp³-hybridized carbons (Fsp3) is 0. The van der Waals surface area contributed by atoms with Crippen LogP contribution in [0.4, 0.5) is 0 Å². The number of phenolic OH excluding ortho intramolecular Hbond substituents is 2. The summed E-state index contributed by atoms with van der Waals surface area (Å²) in [5.74, 6) is -0.927. The Bertz CT molecular complexity index is 619. The Balaban J connectivity index is 2.03. The second-order valence-electron chi connectivity index (χ2n) is 3.58. The van der Waals surface area contributed by atoms with E-state index in [0.717, 1.165) is 10.9 Å². The first-order chi connectivity index (χ1) is 9.04. The van der Waals surface area contributed by atoms with Crippen LogP contribution in [-0.4, -0.2) is 22.3 Å². The molecule has 0 aliphatic rings. The Kier molecular flexibility index (Phi) is 4.03. The zero-order valence-electron chi connectivity index (χ0n) is 9.50. The fourth-order valence-corrected chi connectivity index (χ4v) is 2.28. The smallest absolute Gasteiger partial charge is 0.271 e. The molecule has 98 valence electrons. The maximum absolute atomic E-state index is 11.7. The molecular formula is C12H9ClN2O3S. The number of carbonyl (C=O) groups excluding carboxylic acids is 1. The second-order valence-corrected chi connectivity index (χ2v) is 5.33. The molecule has 1 heterocycles. The third-order valence-corrected chi connectivity index (χ3v) is 3.28. The van der Waals surface area contributed by atoms with Gasteiger partial charge in [0.1, 0.15) is 11.5 Å². The van der Waals surface area contributed by atoms with E-state index in [1.165, 1.54) is 29.7 Å². The van der Waals surface area contributed by atoms with Gasteiger partial charge in [0.05, 0.1) is 10.6 Å². The van der Waals surface area contributed by atoms with Crippen LogP contribution < -0.4 is 5.43 Å². The average molecular weight is 297 g/mol. The number of halogens is 1. The van der Waals surface area contributed by atoms with E-state index in [-0.39, 0.29) is 17.1 Å². The molecule has 7 heteroatoms. The minimum absolute atomic E-state index is 0.110. The maximum Gasteiger partial charge on any atom is 0.271 e. The van der Waals surface area contributed by atoms with Gasteiger partial charge in [0.15, 0.2) is 0 Å². The minimum atomic E-state index is -0.537. The summed E-state index contributed by atoms with van der Waals surface area (Å²) >= 11 is 7.07. The highest BCUT2D eigenvalue weighted by Gasteiger charge is 2.07. The van der Waals surface area contributed by atoms with Crippen molar-refractivity contribution in [2.24, 2.45) is 5.10 Å². The third-order valence-electron chi connectivity index (χ3n) is 2.12. The van der Waals surface area contributed by atoms with Gasteiger partial charge in [-0.3, -0.25) is 4.79 Å². The number of hydrogen-bond donors (Lipinski definition) is 3. The van der Waals surface area contributed by atoms with Gasteiger partial charge in [-0.1, -0.05) is 11.6 Å². The van der Waals surface area contributed by atoms with E-state index in [1.54, 1.807) is 12.1 Å². The lowest BCUT2D eigenvalue weighted by Gasteiger charge is -2.01. The molecule has 0 saturated carbocycles. The topological polar surface area (TPSA) is 81.9 Å². The van der Waals surface area contributed by atoms with Crippen molar-refractivity contribution in [2.75, 3.05) is 0 Å². The number of aromatic hydroxyl groups is 2. The number of phenols is 2. The van der Waals surface area contributed by atoms with Crippen LogP contribution in [0.1, 0.15) is 15.2 Å². The molecule has 1 aromatic carbocycles. The number of rotatable bonds is 3. The van der Waals surface area contributed by atoms with Crippen LogP contribution in [0.3, 0.4) is 0 Å². The Morgan fingerprint density at radius 2 is 1.95 bits per heavy atom. The van der Waals surface area contributed by atoms with Crippen LogP contribution in [0.15, 0.2) is 35.4 Å². The minimum Gasteiger partial charge on any atom is -0.508 e. The van der Waals surface area contributed by atoms with E-state index in [1.807, 2.05) is 0 Å². The molecular weight excluding hydrogens is 288 g/mol. The van der Waals surface area contributed by atoms with Crippen molar-refractivity contribution in [3.05, 3.63) is 45.1 Å². The number of thiophene rings is 1. The Labute approximate surface area is 117 Å². The van der Waals surface area contributed by atoms with Crippen LogP contribution in [0.25, 0.3) is 0 Å². The SMILES string of the molecule is O=C(N/N=C/c1ccc(Cl)s1)c1cc(O)cc(O)c1. The summed E-state index contributed by atoms with van der Waals surface area (Å²) in [7, 11) is 0. The summed E-state index contributed by atoms with van der Waals surface area (Å²) in [4.78, 5) is 12.5. The summed E-state index contributed by atoms with van der Waals surface area (Å²) in [6, 6.07) is 7.08. The zero-order valence-corrected chi connectivity index (χ0v) is 11.1. The largest absolute Gasteiger partial charge is 0.508 e. The zero-order chi connectivity index (χ0) is 13.8. The number of hydrogen-bond acceptors (Lipinski definition) is 5. The predicted molar refractivity (Wildman–Crippen MR) is 74.2 cm³/mol. The highest BCUT2D eigenvalue weighted by atomic mass is 35.5. The Hall–Kier alpha value is -2.05. The quantitative estimate of drug-likeness (QED) is 0.601. The second kappa shape index (κ2) is 5.73. The van der Waals surface area contributed by atoms with Gasteiger partial charge in [0, 0.05) is 16.5 Å². The molecule has 0 radical (unpaired) electrons. The van der Waals surface area contributed by atoms with Crippen LogP contribution in [-0.2, 0) is 0 Å². The molecule has 1 aromatic heterocycles. The number of hydrazone groups is 1. The van der Waals surface area contributed by atoms with Crippen LogP contribution in [0.2, 0.25) is 4.34 Å². The van der Waals surface area contributed by atoms with Gasteiger partial charge in [-0.2, -0.15) is 5.10 Å². The van der Waals surface area contributed by atoms with Crippen molar-refractivity contribution in [1.82, 2.24) is 5.43 Å². The molecule has 3 N–H and O–H groups in total. The van der Waals surface area contributed by atoms with E-state index >= 15 is 0 Å². The Morgan fingerprint density at radius 3 is 2.53 bits per heavy atom. The Morgan fingerprint density at radius 1 is 1.26 bits per heavy atom. The molecule has 0 bridgehead atoms. The lowest BCUT2D eigenvalue weighted by Crippen LogP contribution is -2.17. The van der Waals surface area contributed by atoms with Gasteiger partial charge < -0.3 is 10.2 Å². The molecule has 0 fully saturated rings. The lowest BCUT2D eigenvalue weighted by molar-refractivity contribution is 0.0954. The molecule has 2 rings (SSSR count). The van der Waals surface area contributed by atoms with Crippen molar-refractivity contribution in [2.45, 2.75) is 0 Å². The van der Waals surface area contributed by atoms with E-state index in [4.69, 9.17) is 11.6 Å². The van der Waals surface area contributed by atoms with Crippen molar-refractivity contribution < 1.29 is 15.0 Å². The molecule has 5 nitrogen and oxygen atoms in total. The van der Waals surface area contributed by atoms with Crippen molar-refractivity contribution >= 4 is 35.1 Å². The van der Waals surface area contributed by atoms with Gasteiger partial charge >= 0.3 is 0 Å². The molecule has 2 aromatic rings. The molecule has 0 atom stereocenters. The molecule has 0 aliphatic carbocycles. The predicted octanol–water partition coefficient (Wildman–Crippen LogP) is 2.58. The summed E-state index contributed by atoms with van der Waals surface area (Å²) in [6.45, 7) is 0. The highest BCUT2D eigenvalue weighted by molar-refractivity contribution is 7.17. The summed E-state index contributed by atoms with van der Waals surface area (Å²) in [5, 5.41) is 22.3. The van der Waals surface area contributed by atoms with E-state index in [9.17, 15) is 15.0 Å². The summed E-state index contributed by atoms with van der Waals surface area (Å²) in [5.41, 5.74) is 2.39. The van der Waals surface area contributed by atoms with E-state index in [2.05, 4.69) is 10.5 Å². The molecule has 19 heavy (non-hydrogen) atoms. The summed E-state index contributed by atoms with van der Waals surface area (Å²) < 4.78 is 0.630. The van der Waals surface area contributed by atoms with E-state index in [0.29, 0.717) is 4.34 Å². The van der Waals surface area contributed by atoms with Crippen molar-refractivity contribution in [1.29, 1.82) is 0 Å². The maximum atomic E-state index is 11.7. The van der Waals surface area contributed by atoms with Gasteiger partial charge in [-0.25, -0.2) is 5.43 Å². The number of nitrogens with zero attached hydrogens (tertiary/aromatic N) is 1.